The molecule has 7 heteroatoms. The first-order valence-electron chi connectivity index (χ1n) is 6.76. The van der Waals surface area contributed by atoms with Gasteiger partial charge >= 0.3 is 5.97 Å². The number of rotatable bonds is 7. The van der Waals surface area contributed by atoms with Gasteiger partial charge < -0.3 is 15.2 Å². The van der Waals surface area contributed by atoms with Gasteiger partial charge in [-0.05, 0) is 12.5 Å². The van der Waals surface area contributed by atoms with E-state index in [0.717, 1.165) is 5.56 Å². The minimum atomic E-state index is -1.000. The Morgan fingerprint density at radius 2 is 2.05 bits per heavy atom. The van der Waals surface area contributed by atoms with Gasteiger partial charge in [-0.25, -0.2) is 0 Å². The molecule has 0 aliphatic heterocycles. The van der Waals surface area contributed by atoms with Gasteiger partial charge in [-0.15, -0.1) is 0 Å². The number of benzene rings is 1. The molecule has 2 N–H and O–H groups in total. The van der Waals surface area contributed by atoms with Crippen molar-refractivity contribution in [2.75, 3.05) is 5.32 Å². The lowest BCUT2D eigenvalue weighted by Crippen LogP contribution is -2.28. The van der Waals surface area contributed by atoms with E-state index in [-0.39, 0.29) is 12.5 Å². The first-order valence-corrected chi connectivity index (χ1v) is 6.76. The number of amides is 1. The SMILES string of the molecule is CC(OCc1ccccc1)C(=O)Nc1ccn(CC(=O)O)n1. The van der Waals surface area contributed by atoms with Gasteiger partial charge in [0.2, 0.25) is 0 Å². The summed E-state index contributed by atoms with van der Waals surface area (Å²) in [6, 6.07) is 11.1. The maximum absolute atomic E-state index is 12.0. The van der Waals surface area contributed by atoms with Gasteiger partial charge in [0.1, 0.15) is 12.6 Å². The highest BCUT2D eigenvalue weighted by Crippen LogP contribution is 2.07. The smallest absolute Gasteiger partial charge is 0.325 e. The van der Waals surface area contributed by atoms with Crippen LogP contribution in [-0.2, 0) is 27.5 Å². The third-order valence-electron chi connectivity index (χ3n) is 2.90. The lowest BCUT2D eigenvalue weighted by Gasteiger charge is -2.12. The van der Waals surface area contributed by atoms with Crippen LogP contribution in [0.2, 0.25) is 0 Å². The molecule has 0 fully saturated rings. The van der Waals surface area contributed by atoms with E-state index < -0.39 is 12.1 Å². The zero-order valence-corrected chi connectivity index (χ0v) is 12.1. The zero-order valence-electron chi connectivity index (χ0n) is 12.1. The van der Waals surface area contributed by atoms with Crippen molar-refractivity contribution >= 4 is 17.7 Å². The molecule has 7 nitrogen and oxygen atoms in total. The average molecular weight is 303 g/mol. The number of aliphatic carboxylic acids is 1. The molecule has 0 saturated carbocycles. The molecule has 1 amide bonds. The van der Waals surface area contributed by atoms with Crippen LogP contribution in [0.25, 0.3) is 0 Å². The summed E-state index contributed by atoms with van der Waals surface area (Å²) < 4.78 is 6.72. The monoisotopic (exact) mass is 303 g/mol. The van der Waals surface area contributed by atoms with Crippen LogP contribution >= 0.6 is 0 Å². The van der Waals surface area contributed by atoms with Crippen LogP contribution in [-0.4, -0.2) is 32.9 Å². The Morgan fingerprint density at radius 1 is 1.32 bits per heavy atom. The summed E-state index contributed by atoms with van der Waals surface area (Å²) in [7, 11) is 0. The van der Waals surface area contributed by atoms with E-state index in [4.69, 9.17) is 9.84 Å². The Bertz CT molecular complexity index is 639. The predicted molar refractivity (Wildman–Crippen MR) is 79.2 cm³/mol. The Kier molecular flexibility index (Phi) is 5.26. The number of carboxylic acid groups (broad SMARTS) is 1. The van der Waals surface area contributed by atoms with Crippen LogP contribution in [0.5, 0.6) is 0 Å². The Hall–Kier alpha value is -2.67. The molecule has 0 aliphatic rings. The van der Waals surface area contributed by atoms with E-state index in [1.54, 1.807) is 6.92 Å². The van der Waals surface area contributed by atoms with E-state index in [1.807, 2.05) is 30.3 Å². The lowest BCUT2D eigenvalue weighted by atomic mass is 10.2. The number of nitrogens with zero attached hydrogens (tertiary/aromatic N) is 2. The van der Waals surface area contributed by atoms with E-state index in [9.17, 15) is 9.59 Å². The fraction of sp³-hybridized carbons (Fsp3) is 0.267. The number of hydrogen-bond donors (Lipinski definition) is 2. The minimum absolute atomic E-state index is 0.254. The molecule has 1 atom stereocenters. The summed E-state index contributed by atoms with van der Waals surface area (Å²) in [5.41, 5.74) is 0.980. The lowest BCUT2D eigenvalue weighted by molar-refractivity contribution is -0.137. The number of anilines is 1. The number of carboxylic acids is 1. The summed E-state index contributed by atoms with van der Waals surface area (Å²) in [6.07, 6.45) is 0.837. The van der Waals surface area contributed by atoms with Gasteiger partial charge in [0.15, 0.2) is 5.82 Å². The molecule has 0 saturated heterocycles. The second-order valence-electron chi connectivity index (χ2n) is 4.72. The second-order valence-corrected chi connectivity index (χ2v) is 4.72. The quantitative estimate of drug-likeness (QED) is 0.808. The number of carbonyl (C=O) groups excluding carboxylic acids is 1. The number of carbonyl (C=O) groups is 2. The van der Waals surface area contributed by atoms with Gasteiger partial charge in [-0.1, -0.05) is 30.3 Å². The third-order valence-corrected chi connectivity index (χ3v) is 2.90. The number of ether oxygens (including phenoxy) is 1. The van der Waals surface area contributed by atoms with Crippen molar-refractivity contribution in [2.45, 2.75) is 26.2 Å². The number of hydrogen-bond acceptors (Lipinski definition) is 4. The largest absolute Gasteiger partial charge is 0.480 e. The fourth-order valence-electron chi connectivity index (χ4n) is 1.75. The minimum Gasteiger partial charge on any atom is -0.480 e. The predicted octanol–water partition coefficient (Wildman–Crippen LogP) is 1.51. The summed E-state index contributed by atoms with van der Waals surface area (Å²) >= 11 is 0. The van der Waals surface area contributed by atoms with E-state index in [2.05, 4.69) is 10.4 Å². The maximum Gasteiger partial charge on any atom is 0.325 e. The molecule has 0 bridgehead atoms. The normalized spacial score (nSPS) is 11.9. The summed E-state index contributed by atoms with van der Waals surface area (Å²) in [4.78, 5) is 22.5. The molecular formula is C15H17N3O4. The van der Waals surface area contributed by atoms with Gasteiger partial charge in [-0.3, -0.25) is 14.3 Å². The molecule has 2 rings (SSSR count). The first kappa shape index (κ1) is 15.7. The highest BCUT2D eigenvalue weighted by Gasteiger charge is 2.15. The molecular weight excluding hydrogens is 286 g/mol. The zero-order chi connectivity index (χ0) is 15.9. The summed E-state index contributed by atoms with van der Waals surface area (Å²) in [5, 5.41) is 15.2. The van der Waals surface area contributed by atoms with Crippen LogP contribution in [0.4, 0.5) is 5.82 Å². The molecule has 1 aromatic heterocycles. The highest BCUT2D eigenvalue weighted by atomic mass is 16.5. The third kappa shape index (κ3) is 4.71. The fourth-order valence-corrected chi connectivity index (χ4v) is 1.75. The van der Waals surface area contributed by atoms with Crippen molar-refractivity contribution in [1.29, 1.82) is 0 Å². The summed E-state index contributed by atoms with van der Waals surface area (Å²) in [5.74, 6) is -1.04. The summed E-state index contributed by atoms with van der Waals surface area (Å²) in [6.45, 7) is 1.73. The average Bonchev–Trinajstić information content (AvgIpc) is 2.92. The molecule has 0 spiro atoms. The van der Waals surface area contributed by atoms with Gasteiger partial charge in [0.05, 0.1) is 6.61 Å². The van der Waals surface area contributed by atoms with Crippen LogP contribution in [0.3, 0.4) is 0 Å². The number of aromatic nitrogens is 2. The van der Waals surface area contributed by atoms with Crippen molar-refractivity contribution in [1.82, 2.24) is 9.78 Å². The van der Waals surface area contributed by atoms with Crippen molar-refractivity contribution < 1.29 is 19.4 Å². The van der Waals surface area contributed by atoms with Crippen molar-refractivity contribution in [3.63, 3.8) is 0 Å². The standard InChI is InChI=1S/C15H17N3O4/c1-11(22-10-12-5-3-2-4-6-12)15(21)16-13-7-8-18(17-13)9-14(19)20/h2-8,11H,9-10H2,1H3,(H,19,20)(H,16,17,21). The second kappa shape index (κ2) is 7.37. The highest BCUT2D eigenvalue weighted by molar-refractivity contribution is 5.93. The van der Waals surface area contributed by atoms with Crippen LogP contribution < -0.4 is 5.32 Å². The van der Waals surface area contributed by atoms with E-state index in [1.165, 1.54) is 16.9 Å². The molecule has 2 aromatic rings. The molecule has 116 valence electrons. The molecule has 1 heterocycles. The van der Waals surface area contributed by atoms with Crippen molar-refractivity contribution in [2.24, 2.45) is 0 Å². The molecule has 1 unspecified atom stereocenters. The molecule has 0 aliphatic carbocycles. The van der Waals surface area contributed by atoms with Crippen LogP contribution in [0, 0.1) is 0 Å². The van der Waals surface area contributed by atoms with Crippen molar-refractivity contribution in [3.8, 4) is 0 Å². The van der Waals surface area contributed by atoms with Gasteiger partial charge in [0, 0.05) is 12.3 Å². The van der Waals surface area contributed by atoms with E-state index >= 15 is 0 Å². The molecule has 22 heavy (non-hydrogen) atoms. The van der Waals surface area contributed by atoms with Crippen molar-refractivity contribution in [3.05, 3.63) is 48.2 Å². The Morgan fingerprint density at radius 3 is 2.73 bits per heavy atom. The topological polar surface area (TPSA) is 93.5 Å². The van der Waals surface area contributed by atoms with Gasteiger partial charge in [0.25, 0.3) is 5.91 Å². The van der Waals surface area contributed by atoms with E-state index in [0.29, 0.717) is 12.4 Å². The van der Waals surface area contributed by atoms with Gasteiger partial charge in [-0.2, -0.15) is 5.10 Å². The molecule has 1 aromatic carbocycles. The first-order chi connectivity index (χ1) is 10.5. The Labute approximate surface area is 127 Å². The maximum atomic E-state index is 12.0. The van der Waals surface area contributed by atoms with Crippen LogP contribution in [0.15, 0.2) is 42.6 Å². The molecule has 0 radical (unpaired) electrons. The van der Waals surface area contributed by atoms with Crippen LogP contribution in [0.1, 0.15) is 12.5 Å². The Balaban J connectivity index is 1.83. The number of nitrogens with one attached hydrogen (secondary N) is 1.